The van der Waals surface area contributed by atoms with E-state index in [0.29, 0.717) is 11.3 Å². The number of hydrogen-bond acceptors (Lipinski definition) is 4. The number of pyridine rings is 1. The molecule has 1 aromatic rings. The summed E-state index contributed by atoms with van der Waals surface area (Å²) >= 11 is 1.46. The minimum Gasteiger partial charge on any atom is -0.478 e. The summed E-state index contributed by atoms with van der Waals surface area (Å²) < 4.78 is 0. The zero-order valence-electron chi connectivity index (χ0n) is 9.30. The van der Waals surface area contributed by atoms with E-state index in [0.717, 1.165) is 5.69 Å². The van der Waals surface area contributed by atoms with Crippen LogP contribution in [0.4, 0.5) is 0 Å². The highest BCUT2D eigenvalue weighted by Gasteiger charge is 2.14. The molecule has 0 radical (unpaired) electrons. The van der Waals surface area contributed by atoms with Gasteiger partial charge in [0, 0.05) is 28.6 Å². The summed E-state index contributed by atoms with van der Waals surface area (Å²) in [4.78, 5) is 15.6. The summed E-state index contributed by atoms with van der Waals surface area (Å²) in [6, 6.07) is 1.77. The minimum atomic E-state index is -0.966. The fourth-order valence-corrected chi connectivity index (χ4v) is 2.41. The molecule has 0 bridgehead atoms. The molecular formula is C11H15NO3S. The molecule has 88 valence electrons. The second kappa shape index (κ2) is 5.86. The highest BCUT2D eigenvalue weighted by Crippen LogP contribution is 2.28. The Kier molecular flexibility index (Phi) is 4.76. The molecule has 1 unspecified atom stereocenters. The maximum absolute atomic E-state index is 11.0. The summed E-state index contributed by atoms with van der Waals surface area (Å²) in [5, 5.41) is 18.0. The molecule has 1 heterocycles. The number of aromatic nitrogens is 1. The van der Waals surface area contributed by atoms with E-state index in [-0.39, 0.29) is 17.4 Å². The second-order valence-corrected chi connectivity index (χ2v) is 5.05. The molecule has 0 fully saturated rings. The fourth-order valence-electron chi connectivity index (χ4n) is 1.25. The van der Waals surface area contributed by atoms with E-state index in [9.17, 15) is 4.79 Å². The smallest absolute Gasteiger partial charge is 0.338 e. The van der Waals surface area contributed by atoms with Crippen molar-refractivity contribution in [3.05, 3.63) is 23.5 Å². The van der Waals surface area contributed by atoms with Crippen molar-refractivity contribution >= 4 is 17.7 Å². The number of carboxylic acid groups (broad SMARTS) is 1. The lowest BCUT2D eigenvalue weighted by molar-refractivity contribution is 0.0692. The van der Waals surface area contributed by atoms with Gasteiger partial charge in [0.2, 0.25) is 0 Å². The van der Waals surface area contributed by atoms with Crippen LogP contribution in [0.15, 0.2) is 17.2 Å². The van der Waals surface area contributed by atoms with E-state index in [1.165, 1.54) is 18.0 Å². The molecule has 0 amide bonds. The van der Waals surface area contributed by atoms with Gasteiger partial charge in [-0.25, -0.2) is 4.79 Å². The van der Waals surface area contributed by atoms with Gasteiger partial charge in [0.15, 0.2) is 0 Å². The van der Waals surface area contributed by atoms with Gasteiger partial charge in [-0.3, -0.25) is 4.98 Å². The van der Waals surface area contributed by atoms with Crippen LogP contribution >= 0.6 is 11.8 Å². The van der Waals surface area contributed by atoms with Gasteiger partial charge >= 0.3 is 5.97 Å². The number of rotatable bonds is 5. The van der Waals surface area contributed by atoms with Gasteiger partial charge in [0.25, 0.3) is 0 Å². The van der Waals surface area contributed by atoms with Crippen LogP contribution in [0.3, 0.4) is 0 Å². The highest BCUT2D eigenvalue weighted by molar-refractivity contribution is 8.00. The van der Waals surface area contributed by atoms with E-state index in [1.807, 2.05) is 13.8 Å². The van der Waals surface area contributed by atoms with Crippen molar-refractivity contribution < 1.29 is 15.0 Å². The molecule has 0 aliphatic heterocycles. The summed E-state index contributed by atoms with van der Waals surface area (Å²) in [5.41, 5.74) is 1.02. The van der Waals surface area contributed by atoms with Gasteiger partial charge in [-0.15, -0.1) is 11.8 Å². The maximum Gasteiger partial charge on any atom is 0.338 e. The number of aryl methyl sites for hydroxylation is 1. The molecule has 0 saturated heterocycles. The van der Waals surface area contributed by atoms with E-state index >= 15 is 0 Å². The number of carboxylic acids is 1. The van der Waals surface area contributed by atoms with E-state index in [2.05, 4.69) is 4.98 Å². The van der Waals surface area contributed by atoms with Crippen LogP contribution < -0.4 is 0 Å². The van der Waals surface area contributed by atoms with Crippen molar-refractivity contribution in [2.24, 2.45) is 0 Å². The lowest BCUT2D eigenvalue weighted by Gasteiger charge is -2.11. The number of carbonyl (C=O) groups is 1. The number of aliphatic hydroxyl groups excluding tert-OH is 1. The zero-order chi connectivity index (χ0) is 12.1. The Morgan fingerprint density at radius 1 is 1.62 bits per heavy atom. The van der Waals surface area contributed by atoms with Crippen LogP contribution in [0.1, 0.15) is 29.4 Å². The standard InChI is InChI=1S/C11H15NO3S/c1-7-5-10(16-8(2)3-4-13)9(6-12-7)11(14)15/h5-6,8,13H,3-4H2,1-2H3,(H,14,15). The summed E-state index contributed by atoms with van der Waals surface area (Å²) in [6.07, 6.45) is 2.02. The first kappa shape index (κ1) is 13.0. The highest BCUT2D eigenvalue weighted by atomic mass is 32.2. The van der Waals surface area contributed by atoms with E-state index < -0.39 is 5.97 Å². The van der Waals surface area contributed by atoms with Gasteiger partial charge in [-0.1, -0.05) is 6.92 Å². The molecule has 1 rings (SSSR count). The molecule has 0 spiro atoms. The van der Waals surface area contributed by atoms with Gasteiger partial charge < -0.3 is 10.2 Å². The predicted octanol–water partition coefficient (Wildman–Crippen LogP) is 1.95. The fraction of sp³-hybridized carbons (Fsp3) is 0.455. The topological polar surface area (TPSA) is 70.4 Å². The monoisotopic (exact) mass is 241 g/mol. The third-order valence-corrected chi connectivity index (χ3v) is 3.33. The molecule has 5 heteroatoms. The van der Waals surface area contributed by atoms with Crippen molar-refractivity contribution in [1.82, 2.24) is 4.98 Å². The third kappa shape index (κ3) is 3.50. The average molecular weight is 241 g/mol. The Balaban J connectivity index is 2.92. The molecular weight excluding hydrogens is 226 g/mol. The number of aliphatic hydroxyl groups is 1. The SMILES string of the molecule is Cc1cc(SC(C)CCO)c(C(=O)O)cn1. The lowest BCUT2D eigenvalue weighted by atomic mass is 10.2. The Labute approximate surface area is 98.7 Å². The van der Waals surface area contributed by atoms with Gasteiger partial charge in [0.05, 0.1) is 5.56 Å². The molecule has 0 aliphatic carbocycles. The maximum atomic E-state index is 11.0. The largest absolute Gasteiger partial charge is 0.478 e. The zero-order valence-corrected chi connectivity index (χ0v) is 10.1. The van der Waals surface area contributed by atoms with Crippen molar-refractivity contribution in [2.75, 3.05) is 6.61 Å². The van der Waals surface area contributed by atoms with Crippen molar-refractivity contribution in [1.29, 1.82) is 0 Å². The summed E-state index contributed by atoms with van der Waals surface area (Å²) in [6.45, 7) is 3.90. The van der Waals surface area contributed by atoms with Crippen LogP contribution in [-0.2, 0) is 0 Å². The second-order valence-electron chi connectivity index (χ2n) is 3.57. The molecule has 2 N–H and O–H groups in total. The average Bonchev–Trinajstić information content (AvgIpc) is 2.17. The first-order valence-electron chi connectivity index (χ1n) is 5.02. The van der Waals surface area contributed by atoms with Crippen molar-refractivity contribution in [3.63, 3.8) is 0 Å². The summed E-state index contributed by atoms with van der Waals surface area (Å²) in [5.74, 6) is -0.966. The number of thioether (sulfide) groups is 1. The Morgan fingerprint density at radius 3 is 2.88 bits per heavy atom. The van der Waals surface area contributed by atoms with Crippen LogP contribution in [0.25, 0.3) is 0 Å². The molecule has 0 aromatic carbocycles. The molecule has 4 nitrogen and oxygen atoms in total. The molecule has 0 saturated carbocycles. The van der Waals surface area contributed by atoms with Crippen molar-refractivity contribution in [3.8, 4) is 0 Å². The quantitative estimate of drug-likeness (QED) is 0.771. The third-order valence-electron chi connectivity index (χ3n) is 2.10. The summed E-state index contributed by atoms with van der Waals surface area (Å²) in [7, 11) is 0. The van der Waals surface area contributed by atoms with Crippen LogP contribution in [0.2, 0.25) is 0 Å². The Morgan fingerprint density at radius 2 is 2.31 bits per heavy atom. The molecule has 0 aliphatic rings. The van der Waals surface area contributed by atoms with Crippen LogP contribution in [0.5, 0.6) is 0 Å². The molecule has 1 atom stereocenters. The van der Waals surface area contributed by atoms with Crippen LogP contribution in [0, 0.1) is 6.92 Å². The number of nitrogens with zero attached hydrogens (tertiary/aromatic N) is 1. The van der Waals surface area contributed by atoms with E-state index in [1.54, 1.807) is 6.07 Å². The predicted molar refractivity (Wildman–Crippen MR) is 63.0 cm³/mol. The van der Waals surface area contributed by atoms with Gasteiger partial charge in [0.1, 0.15) is 0 Å². The Hall–Kier alpha value is -1.07. The van der Waals surface area contributed by atoms with Gasteiger partial charge in [-0.05, 0) is 19.4 Å². The Bertz CT molecular complexity index is 381. The first-order chi connectivity index (χ1) is 7.54. The normalized spacial score (nSPS) is 12.4. The lowest BCUT2D eigenvalue weighted by Crippen LogP contribution is -2.05. The van der Waals surface area contributed by atoms with Gasteiger partial charge in [-0.2, -0.15) is 0 Å². The van der Waals surface area contributed by atoms with E-state index in [4.69, 9.17) is 10.2 Å². The number of hydrogen-bond donors (Lipinski definition) is 2. The minimum absolute atomic E-state index is 0.112. The first-order valence-corrected chi connectivity index (χ1v) is 5.90. The number of aromatic carboxylic acids is 1. The molecule has 1 aromatic heterocycles. The van der Waals surface area contributed by atoms with Crippen molar-refractivity contribution in [2.45, 2.75) is 30.4 Å². The molecule has 16 heavy (non-hydrogen) atoms. The van der Waals surface area contributed by atoms with Crippen LogP contribution in [-0.4, -0.2) is 33.0 Å².